The molecule has 0 fully saturated rings. The zero-order chi connectivity index (χ0) is 14.8. The van der Waals surface area contributed by atoms with Crippen molar-refractivity contribution in [1.29, 1.82) is 0 Å². The Kier molecular flexibility index (Phi) is 4.38. The molecule has 0 spiro atoms. The Morgan fingerprint density at radius 3 is 2.55 bits per heavy atom. The van der Waals surface area contributed by atoms with Crippen LogP contribution in [0.1, 0.15) is 26.3 Å². The van der Waals surface area contributed by atoms with E-state index in [0.717, 1.165) is 10.0 Å². The van der Waals surface area contributed by atoms with E-state index >= 15 is 0 Å². The predicted octanol–water partition coefficient (Wildman–Crippen LogP) is 4.01. The van der Waals surface area contributed by atoms with Crippen LogP contribution in [-0.2, 0) is 9.47 Å². The van der Waals surface area contributed by atoms with Gasteiger partial charge in [-0.05, 0) is 32.9 Å². The summed E-state index contributed by atoms with van der Waals surface area (Å²) in [6.45, 7) is 6.51. The molecule has 1 amide bonds. The molecular formula is C15H18BrNO3. The molecule has 1 aliphatic rings. The lowest BCUT2D eigenvalue weighted by Gasteiger charge is -2.28. The van der Waals surface area contributed by atoms with Gasteiger partial charge in [0.05, 0.1) is 12.7 Å². The first-order chi connectivity index (χ1) is 9.35. The first-order valence-corrected chi connectivity index (χ1v) is 7.25. The molecule has 0 unspecified atom stereocenters. The third-order valence-corrected chi connectivity index (χ3v) is 3.15. The monoisotopic (exact) mass is 339 g/mol. The molecule has 108 valence electrons. The van der Waals surface area contributed by atoms with Crippen molar-refractivity contribution in [1.82, 2.24) is 4.90 Å². The minimum Gasteiger partial charge on any atom is -0.490 e. The lowest BCUT2D eigenvalue weighted by Crippen LogP contribution is -2.37. The van der Waals surface area contributed by atoms with Gasteiger partial charge < -0.3 is 9.47 Å². The van der Waals surface area contributed by atoms with Crippen LogP contribution in [0.2, 0.25) is 0 Å². The predicted molar refractivity (Wildman–Crippen MR) is 81.0 cm³/mol. The summed E-state index contributed by atoms with van der Waals surface area (Å²) >= 11 is 3.39. The maximum Gasteiger partial charge on any atom is 0.414 e. The average Bonchev–Trinajstić information content (AvgIpc) is 2.38. The second-order valence-electron chi connectivity index (χ2n) is 5.52. The van der Waals surface area contributed by atoms with Gasteiger partial charge in [0.2, 0.25) is 0 Å². The van der Waals surface area contributed by atoms with Crippen molar-refractivity contribution in [2.45, 2.75) is 26.4 Å². The van der Waals surface area contributed by atoms with Crippen molar-refractivity contribution in [3.8, 4) is 0 Å². The van der Waals surface area contributed by atoms with Gasteiger partial charge in [0.1, 0.15) is 18.0 Å². The Labute approximate surface area is 127 Å². The van der Waals surface area contributed by atoms with E-state index in [2.05, 4.69) is 15.9 Å². The van der Waals surface area contributed by atoms with Gasteiger partial charge in [-0.25, -0.2) is 4.79 Å². The molecule has 0 saturated heterocycles. The summed E-state index contributed by atoms with van der Waals surface area (Å²) in [6.07, 6.45) is 1.34. The quantitative estimate of drug-likeness (QED) is 0.775. The molecule has 0 aliphatic carbocycles. The Hall–Kier alpha value is -1.49. The maximum atomic E-state index is 12.0. The van der Waals surface area contributed by atoms with Crippen LogP contribution < -0.4 is 0 Å². The number of rotatable bonds is 1. The molecule has 20 heavy (non-hydrogen) atoms. The van der Waals surface area contributed by atoms with E-state index in [1.54, 1.807) is 11.1 Å². The lowest BCUT2D eigenvalue weighted by molar-refractivity contribution is 0.0282. The minimum absolute atomic E-state index is 0.351. The molecule has 0 atom stereocenters. The molecule has 1 heterocycles. The Bertz CT molecular complexity index is 517. The van der Waals surface area contributed by atoms with Crippen molar-refractivity contribution in [2.24, 2.45) is 0 Å². The minimum atomic E-state index is -0.499. The number of ether oxygens (including phenoxy) is 2. The number of amides is 1. The molecule has 0 saturated carbocycles. The van der Waals surface area contributed by atoms with Gasteiger partial charge in [-0.3, -0.25) is 4.90 Å². The van der Waals surface area contributed by atoms with Gasteiger partial charge in [-0.15, -0.1) is 0 Å². The van der Waals surface area contributed by atoms with Crippen molar-refractivity contribution < 1.29 is 14.3 Å². The maximum absolute atomic E-state index is 12.0. The fourth-order valence-corrected chi connectivity index (χ4v) is 2.00. The number of hydrogen-bond acceptors (Lipinski definition) is 3. The van der Waals surface area contributed by atoms with Crippen LogP contribution in [0.3, 0.4) is 0 Å². The smallest absolute Gasteiger partial charge is 0.414 e. The van der Waals surface area contributed by atoms with E-state index in [1.165, 1.54) is 0 Å². The Balaban J connectivity index is 2.15. The van der Waals surface area contributed by atoms with Gasteiger partial charge in [0, 0.05) is 10.0 Å². The van der Waals surface area contributed by atoms with Gasteiger partial charge in [-0.2, -0.15) is 0 Å². The van der Waals surface area contributed by atoms with Crippen molar-refractivity contribution in [3.05, 3.63) is 40.5 Å². The van der Waals surface area contributed by atoms with Crippen LogP contribution >= 0.6 is 15.9 Å². The fraction of sp³-hybridized carbons (Fsp3) is 0.400. The highest BCUT2D eigenvalue weighted by Crippen LogP contribution is 2.23. The van der Waals surface area contributed by atoms with Gasteiger partial charge in [0.25, 0.3) is 0 Å². The van der Waals surface area contributed by atoms with Crippen LogP contribution in [0.25, 0.3) is 5.76 Å². The van der Waals surface area contributed by atoms with Gasteiger partial charge in [0.15, 0.2) is 0 Å². The van der Waals surface area contributed by atoms with Crippen LogP contribution in [0.4, 0.5) is 4.79 Å². The molecule has 1 aromatic rings. The Morgan fingerprint density at radius 1 is 1.30 bits per heavy atom. The van der Waals surface area contributed by atoms with Crippen LogP contribution in [0.15, 0.2) is 34.9 Å². The van der Waals surface area contributed by atoms with E-state index < -0.39 is 5.60 Å². The summed E-state index contributed by atoms with van der Waals surface area (Å²) in [5.41, 5.74) is 0.433. The molecule has 1 aromatic carbocycles. The number of benzene rings is 1. The summed E-state index contributed by atoms with van der Waals surface area (Å²) in [5, 5.41) is 0. The second-order valence-corrected chi connectivity index (χ2v) is 6.44. The highest BCUT2D eigenvalue weighted by Gasteiger charge is 2.24. The lowest BCUT2D eigenvalue weighted by atomic mass is 10.2. The molecule has 0 N–H and O–H groups in total. The van der Waals surface area contributed by atoms with Gasteiger partial charge in [-0.1, -0.05) is 28.1 Å². The molecule has 4 nitrogen and oxygen atoms in total. The third-order valence-electron chi connectivity index (χ3n) is 2.62. The molecule has 2 rings (SSSR count). The summed E-state index contributed by atoms with van der Waals surface area (Å²) in [4.78, 5) is 13.6. The summed E-state index contributed by atoms with van der Waals surface area (Å²) in [7, 11) is 0. The molecule has 5 heteroatoms. The topological polar surface area (TPSA) is 38.8 Å². The van der Waals surface area contributed by atoms with Crippen LogP contribution in [-0.4, -0.2) is 29.7 Å². The molecule has 0 radical (unpaired) electrons. The van der Waals surface area contributed by atoms with E-state index in [-0.39, 0.29) is 6.09 Å². The number of nitrogens with zero attached hydrogens (tertiary/aromatic N) is 1. The normalized spacial score (nSPS) is 15.4. The number of carbonyl (C=O) groups excluding carboxylic acids is 1. The fourth-order valence-electron chi connectivity index (χ4n) is 1.73. The number of hydrogen-bond donors (Lipinski definition) is 0. The van der Waals surface area contributed by atoms with Crippen molar-refractivity contribution in [2.75, 3.05) is 13.2 Å². The standard InChI is InChI=1S/C15H18BrNO3/c1-15(2,3)20-14(18)17-8-9-19-13(10-17)11-4-6-12(16)7-5-11/h4-7,10H,8-9H2,1-3H3. The highest BCUT2D eigenvalue weighted by molar-refractivity contribution is 9.10. The first kappa shape index (κ1) is 14.9. The number of carbonyl (C=O) groups is 1. The SMILES string of the molecule is CC(C)(C)OC(=O)N1C=C(c2ccc(Br)cc2)OCC1. The first-order valence-electron chi connectivity index (χ1n) is 6.45. The zero-order valence-electron chi connectivity index (χ0n) is 11.9. The van der Waals surface area contributed by atoms with E-state index in [9.17, 15) is 4.79 Å². The highest BCUT2D eigenvalue weighted by atomic mass is 79.9. The molecular weight excluding hydrogens is 322 g/mol. The molecule has 1 aliphatic heterocycles. The summed E-state index contributed by atoms with van der Waals surface area (Å²) < 4.78 is 12.0. The van der Waals surface area contributed by atoms with E-state index in [4.69, 9.17) is 9.47 Å². The summed E-state index contributed by atoms with van der Waals surface area (Å²) in [6, 6.07) is 7.75. The van der Waals surface area contributed by atoms with E-state index in [0.29, 0.717) is 18.9 Å². The van der Waals surface area contributed by atoms with Crippen LogP contribution in [0, 0.1) is 0 Å². The summed E-state index contributed by atoms with van der Waals surface area (Å²) in [5.74, 6) is 0.676. The average molecular weight is 340 g/mol. The van der Waals surface area contributed by atoms with Crippen molar-refractivity contribution in [3.63, 3.8) is 0 Å². The second kappa shape index (κ2) is 5.87. The van der Waals surface area contributed by atoms with Crippen molar-refractivity contribution >= 4 is 27.8 Å². The zero-order valence-corrected chi connectivity index (χ0v) is 13.4. The Morgan fingerprint density at radius 2 is 1.95 bits per heavy atom. The van der Waals surface area contributed by atoms with E-state index in [1.807, 2.05) is 45.0 Å². The molecule has 0 aromatic heterocycles. The largest absolute Gasteiger partial charge is 0.490 e. The number of halogens is 1. The third kappa shape index (κ3) is 4.00. The van der Waals surface area contributed by atoms with Crippen LogP contribution in [0.5, 0.6) is 0 Å². The molecule has 0 bridgehead atoms. The van der Waals surface area contributed by atoms with Gasteiger partial charge >= 0.3 is 6.09 Å².